The molecule has 1 aliphatic heterocycles. The van der Waals surface area contributed by atoms with Gasteiger partial charge in [-0.3, -0.25) is 4.79 Å². The van der Waals surface area contributed by atoms with Crippen LogP contribution in [0.25, 0.3) is 0 Å². The van der Waals surface area contributed by atoms with Crippen LogP contribution in [0.1, 0.15) is 47.0 Å². The largest absolute Gasteiger partial charge is 0.388 e. The van der Waals surface area contributed by atoms with Gasteiger partial charge in [-0.15, -0.1) is 0 Å². The first-order valence-corrected chi connectivity index (χ1v) is 9.61. The molecule has 6 heteroatoms. The Morgan fingerprint density at radius 1 is 1.12 bits per heavy atom. The molecule has 0 aromatic rings. The van der Waals surface area contributed by atoms with E-state index in [-0.39, 0.29) is 35.2 Å². The molecule has 1 heterocycles. The topological polar surface area (TPSA) is 96.2 Å². The number of fused-ring (bicyclic) bond motifs is 3. The van der Waals surface area contributed by atoms with Crippen molar-refractivity contribution in [2.45, 2.75) is 77.7 Å². The van der Waals surface area contributed by atoms with Crippen molar-refractivity contribution in [3.63, 3.8) is 0 Å². The summed E-state index contributed by atoms with van der Waals surface area (Å²) in [7, 11) is 0. The van der Waals surface area contributed by atoms with Crippen molar-refractivity contribution in [3.05, 3.63) is 11.1 Å². The van der Waals surface area contributed by atoms with E-state index in [1.165, 1.54) is 5.57 Å². The molecule has 26 heavy (non-hydrogen) atoms. The maximum atomic E-state index is 12.5. The summed E-state index contributed by atoms with van der Waals surface area (Å²) in [5.41, 5.74) is 1.91. The summed E-state index contributed by atoms with van der Waals surface area (Å²) in [6.07, 6.45) is -2.49. The molecule has 6 nitrogen and oxygen atoms in total. The number of aliphatic hydroxyl groups is 3. The highest BCUT2D eigenvalue weighted by Gasteiger charge is 2.64. The van der Waals surface area contributed by atoms with Crippen molar-refractivity contribution in [2.24, 2.45) is 22.7 Å². The van der Waals surface area contributed by atoms with Crippen molar-refractivity contribution in [3.8, 4) is 0 Å². The molecule has 0 aromatic carbocycles. The summed E-state index contributed by atoms with van der Waals surface area (Å²) in [5, 5.41) is 29.9. The van der Waals surface area contributed by atoms with Gasteiger partial charge in [0.25, 0.3) is 0 Å². The molecule has 8 atom stereocenters. The number of ether oxygens (including phenoxy) is 2. The van der Waals surface area contributed by atoms with Crippen molar-refractivity contribution < 1.29 is 29.6 Å². The van der Waals surface area contributed by atoms with Gasteiger partial charge in [0.1, 0.15) is 18.3 Å². The molecule has 3 N–H and O–H groups in total. The van der Waals surface area contributed by atoms with E-state index in [0.717, 1.165) is 18.4 Å². The van der Waals surface area contributed by atoms with E-state index in [9.17, 15) is 20.1 Å². The lowest BCUT2D eigenvalue weighted by Crippen LogP contribution is -2.55. The number of Topliss-reactive ketones (excluding diaryl/α,β-unsaturated/α-hetero) is 1. The minimum Gasteiger partial charge on any atom is -0.388 e. The zero-order chi connectivity index (χ0) is 19.0. The van der Waals surface area contributed by atoms with Crippen LogP contribution in [0.15, 0.2) is 11.1 Å². The molecule has 2 saturated carbocycles. The molecule has 146 valence electrons. The zero-order valence-electron chi connectivity index (χ0n) is 15.9. The van der Waals surface area contributed by atoms with Gasteiger partial charge in [0.05, 0.1) is 12.7 Å². The maximum absolute atomic E-state index is 12.5. The number of carbonyl (C=O) groups is 1. The number of rotatable bonds is 2. The molecule has 4 rings (SSSR count). The third-order valence-electron chi connectivity index (χ3n) is 7.17. The zero-order valence-corrected chi connectivity index (χ0v) is 15.9. The van der Waals surface area contributed by atoms with Crippen LogP contribution in [0, 0.1) is 22.7 Å². The quantitative estimate of drug-likeness (QED) is 0.679. The minimum absolute atomic E-state index is 0.0768. The van der Waals surface area contributed by atoms with Crippen LogP contribution >= 0.6 is 0 Å². The van der Waals surface area contributed by atoms with Crippen LogP contribution in [0.4, 0.5) is 0 Å². The fourth-order valence-electron chi connectivity index (χ4n) is 6.11. The second-order valence-electron chi connectivity index (χ2n) is 9.71. The van der Waals surface area contributed by atoms with E-state index in [1.807, 2.05) is 6.92 Å². The molecular formula is C20H30O6. The molecule has 0 radical (unpaired) electrons. The number of aliphatic hydroxyl groups excluding tert-OH is 3. The Hall–Kier alpha value is -0.790. The SMILES string of the molecule is CC1=C2[C@@H]3CC(C)(C)C[C@@H]3[C@H](O[C@@H]3OC[C@@H](O)[C@H](O)[C@H]3O)[C@@]2(C)CC1=O. The fourth-order valence-corrected chi connectivity index (χ4v) is 6.11. The summed E-state index contributed by atoms with van der Waals surface area (Å²) in [6, 6.07) is 0. The first-order chi connectivity index (χ1) is 12.0. The number of allylic oxidation sites excluding steroid dienone is 1. The molecule has 4 aliphatic rings. The summed E-state index contributed by atoms with van der Waals surface area (Å²) < 4.78 is 11.8. The van der Waals surface area contributed by atoms with Crippen LogP contribution < -0.4 is 0 Å². The molecule has 1 saturated heterocycles. The van der Waals surface area contributed by atoms with Crippen molar-refractivity contribution in [1.82, 2.24) is 0 Å². The first kappa shape index (κ1) is 18.6. The summed E-state index contributed by atoms with van der Waals surface area (Å²) in [6.45, 7) is 8.44. The highest BCUT2D eigenvalue weighted by atomic mass is 16.7. The van der Waals surface area contributed by atoms with E-state index in [1.54, 1.807) is 0 Å². The maximum Gasteiger partial charge on any atom is 0.186 e. The first-order valence-electron chi connectivity index (χ1n) is 9.61. The van der Waals surface area contributed by atoms with Crippen LogP contribution in [0.2, 0.25) is 0 Å². The lowest BCUT2D eigenvalue weighted by molar-refractivity contribution is -0.293. The average Bonchev–Trinajstić information content (AvgIpc) is 3.04. The molecule has 0 spiro atoms. The van der Waals surface area contributed by atoms with Crippen LogP contribution in [0.5, 0.6) is 0 Å². The lowest BCUT2D eigenvalue weighted by atomic mass is 9.76. The van der Waals surface area contributed by atoms with Crippen LogP contribution in [-0.2, 0) is 14.3 Å². The van der Waals surface area contributed by atoms with Gasteiger partial charge in [-0.25, -0.2) is 0 Å². The monoisotopic (exact) mass is 366 g/mol. The van der Waals surface area contributed by atoms with E-state index in [2.05, 4.69) is 20.8 Å². The third kappa shape index (κ3) is 2.53. The molecule has 3 fully saturated rings. The summed E-state index contributed by atoms with van der Waals surface area (Å²) >= 11 is 0. The van der Waals surface area contributed by atoms with Gasteiger partial charge in [-0.05, 0) is 42.6 Å². The minimum atomic E-state index is -1.30. The smallest absolute Gasteiger partial charge is 0.186 e. The van der Waals surface area contributed by atoms with Crippen LogP contribution in [-0.4, -0.2) is 58.4 Å². The van der Waals surface area contributed by atoms with Crippen LogP contribution in [0.3, 0.4) is 0 Å². The molecule has 0 aromatic heterocycles. The molecule has 3 aliphatic carbocycles. The van der Waals surface area contributed by atoms with E-state index >= 15 is 0 Å². The number of hydrogen-bond acceptors (Lipinski definition) is 6. The predicted octanol–water partition coefficient (Wildman–Crippen LogP) is 1.17. The standard InChI is InChI=1S/C20H30O6/c1-9-12(21)7-20(4)14(9)10-5-19(2,3)6-11(10)17(20)26-18-16(24)15(23)13(22)8-25-18/h10-11,13,15-18,22-24H,5-8H2,1-4H3/t10-,11+,13-,15+,16-,17+,18+,20+/m1/s1. The fraction of sp³-hybridized carbons (Fsp3) is 0.850. The average molecular weight is 366 g/mol. The Morgan fingerprint density at radius 2 is 1.81 bits per heavy atom. The van der Waals surface area contributed by atoms with Gasteiger partial charge < -0.3 is 24.8 Å². The van der Waals surface area contributed by atoms with Gasteiger partial charge in [0, 0.05) is 11.8 Å². The van der Waals surface area contributed by atoms with Crippen molar-refractivity contribution in [2.75, 3.05) is 6.61 Å². The second-order valence-corrected chi connectivity index (χ2v) is 9.71. The lowest BCUT2D eigenvalue weighted by Gasteiger charge is -2.40. The predicted molar refractivity (Wildman–Crippen MR) is 93.1 cm³/mol. The summed E-state index contributed by atoms with van der Waals surface area (Å²) in [5.74, 6) is 0.773. The Kier molecular flexibility index (Phi) is 4.18. The van der Waals surface area contributed by atoms with Crippen molar-refractivity contribution >= 4 is 5.78 Å². The van der Waals surface area contributed by atoms with E-state index in [4.69, 9.17) is 9.47 Å². The Balaban J connectivity index is 1.66. The highest BCUT2D eigenvalue weighted by molar-refractivity contribution is 6.00. The Bertz CT molecular complexity index is 655. The van der Waals surface area contributed by atoms with Gasteiger partial charge >= 0.3 is 0 Å². The molecule has 0 amide bonds. The van der Waals surface area contributed by atoms with Crippen molar-refractivity contribution in [1.29, 1.82) is 0 Å². The number of hydrogen-bond donors (Lipinski definition) is 3. The second kappa shape index (κ2) is 5.85. The van der Waals surface area contributed by atoms with Gasteiger partial charge in [0.15, 0.2) is 12.1 Å². The normalized spacial score (nSPS) is 50.3. The Labute approximate surface area is 154 Å². The third-order valence-corrected chi connectivity index (χ3v) is 7.17. The molecule has 0 bridgehead atoms. The van der Waals surface area contributed by atoms with Gasteiger partial charge in [0.2, 0.25) is 0 Å². The number of ketones is 1. The Morgan fingerprint density at radius 3 is 2.50 bits per heavy atom. The van der Waals surface area contributed by atoms with E-state index < -0.39 is 24.6 Å². The summed E-state index contributed by atoms with van der Waals surface area (Å²) in [4.78, 5) is 12.5. The molecular weight excluding hydrogens is 336 g/mol. The van der Waals surface area contributed by atoms with E-state index in [0.29, 0.717) is 12.3 Å². The number of carbonyl (C=O) groups excluding carboxylic acids is 1. The van der Waals surface area contributed by atoms with Gasteiger partial charge in [-0.1, -0.05) is 26.3 Å². The molecule has 0 unspecified atom stereocenters. The van der Waals surface area contributed by atoms with Gasteiger partial charge in [-0.2, -0.15) is 0 Å². The highest BCUT2D eigenvalue weighted by Crippen LogP contribution is 2.66.